The van der Waals surface area contributed by atoms with E-state index in [2.05, 4.69) is 17.0 Å². The second-order valence-corrected chi connectivity index (χ2v) is 7.46. The van der Waals surface area contributed by atoms with Crippen LogP contribution in [0.25, 0.3) is 16.7 Å². The van der Waals surface area contributed by atoms with Gasteiger partial charge in [0.15, 0.2) is 23.3 Å². The summed E-state index contributed by atoms with van der Waals surface area (Å²) in [5.41, 5.74) is 1.16. The summed E-state index contributed by atoms with van der Waals surface area (Å²) in [6.45, 7) is 3.78. The summed E-state index contributed by atoms with van der Waals surface area (Å²) in [7, 11) is 0. The van der Waals surface area contributed by atoms with Gasteiger partial charge in [0.2, 0.25) is 5.95 Å². The lowest BCUT2D eigenvalue weighted by molar-refractivity contribution is 0.0950. The summed E-state index contributed by atoms with van der Waals surface area (Å²) in [4.78, 5) is 22.5. The second kappa shape index (κ2) is 8.14. The number of aromatic amines is 1. The number of nitrogens with one attached hydrogen (secondary N) is 1. The minimum absolute atomic E-state index is 0.179. The van der Waals surface area contributed by atoms with Crippen molar-refractivity contribution in [3.05, 3.63) is 71.1 Å². The minimum atomic E-state index is -0.213. The Morgan fingerprint density at radius 3 is 2.71 bits per heavy atom. The molecule has 2 aromatic heterocycles. The van der Waals surface area contributed by atoms with E-state index in [9.17, 15) is 4.79 Å². The standard InChI is InChI=1S/C23H23N5O3/c1-2-12-27(14-17-15-30-19-10-6-7-11-20(19)31-17)23-25-21-18(22(29)26-23)13-24-28(21)16-8-4-3-5-9-16/h3-11,13,17H,2,12,14-15H2,1H3,(H,25,26,29). The number of rotatable bonds is 6. The van der Waals surface area contributed by atoms with Crippen molar-refractivity contribution >= 4 is 17.0 Å². The number of para-hydroxylation sites is 3. The normalized spacial score (nSPS) is 15.2. The molecule has 0 saturated heterocycles. The van der Waals surface area contributed by atoms with Gasteiger partial charge in [-0.1, -0.05) is 37.3 Å². The zero-order chi connectivity index (χ0) is 21.2. The number of hydrogen-bond donors (Lipinski definition) is 1. The molecule has 0 amide bonds. The molecule has 8 nitrogen and oxygen atoms in total. The molecule has 1 N–H and O–H groups in total. The van der Waals surface area contributed by atoms with Gasteiger partial charge >= 0.3 is 0 Å². The van der Waals surface area contributed by atoms with E-state index >= 15 is 0 Å². The highest BCUT2D eigenvalue weighted by Crippen LogP contribution is 2.31. The van der Waals surface area contributed by atoms with Crippen molar-refractivity contribution in [2.24, 2.45) is 0 Å². The van der Waals surface area contributed by atoms with E-state index in [-0.39, 0.29) is 11.7 Å². The number of aromatic nitrogens is 4. The van der Waals surface area contributed by atoms with Gasteiger partial charge in [-0.05, 0) is 30.7 Å². The maximum absolute atomic E-state index is 12.8. The predicted octanol–water partition coefficient (Wildman–Crippen LogP) is 3.17. The van der Waals surface area contributed by atoms with E-state index in [1.54, 1.807) is 10.9 Å². The Bertz CT molecular complexity index is 1250. The molecule has 0 aliphatic carbocycles. The van der Waals surface area contributed by atoms with Crippen LogP contribution in [0.2, 0.25) is 0 Å². The maximum Gasteiger partial charge on any atom is 0.263 e. The van der Waals surface area contributed by atoms with Gasteiger partial charge in [0.1, 0.15) is 12.0 Å². The quantitative estimate of drug-likeness (QED) is 0.519. The zero-order valence-corrected chi connectivity index (χ0v) is 17.2. The second-order valence-electron chi connectivity index (χ2n) is 7.46. The van der Waals surface area contributed by atoms with Crippen LogP contribution in [0.1, 0.15) is 13.3 Å². The van der Waals surface area contributed by atoms with Gasteiger partial charge in [-0.15, -0.1) is 0 Å². The topological polar surface area (TPSA) is 85.3 Å². The third-order valence-electron chi connectivity index (χ3n) is 5.21. The van der Waals surface area contributed by atoms with Crippen LogP contribution in [0.5, 0.6) is 11.5 Å². The van der Waals surface area contributed by atoms with E-state index < -0.39 is 0 Å². The van der Waals surface area contributed by atoms with Crippen LogP contribution in [-0.2, 0) is 0 Å². The van der Waals surface area contributed by atoms with Crippen LogP contribution in [0.4, 0.5) is 5.95 Å². The fourth-order valence-corrected chi connectivity index (χ4v) is 3.77. The molecule has 158 valence electrons. The zero-order valence-electron chi connectivity index (χ0n) is 17.2. The molecule has 1 atom stereocenters. The van der Waals surface area contributed by atoms with Crippen LogP contribution in [0.3, 0.4) is 0 Å². The molecule has 3 heterocycles. The lowest BCUT2D eigenvalue weighted by Gasteiger charge is -2.31. The smallest absolute Gasteiger partial charge is 0.263 e. The first kappa shape index (κ1) is 19.2. The number of nitrogens with zero attached hydrogens (tertiary/aromatic N) is 4. The molecule has 0 spiro atoms. The molecule has 0 saturated carbocycles. The maximum atomic E-state index is 12.8. The average molecular weight is 417 g/mol. The highest BCUT2D eigenvalue weighted by Gasteiger charge is 2.24. The molecular weight excluding hydrogens is 394 g/mol. The van der Waals surface area contributed by atoms with Crippen molar-refractivity contribution < 1.29 is 9.47 Å². The molecule has 8 heteroatoms. The van der Waals surface area contributed by atoms with Gasteiger partial charge in [0, 0.05) is 6.54 Å². The highest BCUT2D eigenvalue weighted by atomic mass is 16.6. The van der Waals surface area contributed by atoms with Gasteiger partial charge in [0.05, 0.1) is 18.4 Å². The third-order valence-corrected chi connectivity index (χ3v) is 5.21. The fourth-order valence-electron chi connectivity index (χ4n) is 3.77. The summed E-state index contributed by atoms with van der Waals surface area (Å²) in [5, 5.41) is 4.84. The number of fused-ring (bicyclic) bond motifs is 2. The Morgan fingerprint density at radius 1 is 1.13 bits per heavy atom. The van der Waals surface area contributed by atoms with Gasteiger partial charge < -0.3 is 14.4 Å². The Labute approximate surface area is 179 Å². The molecule has 5 rings (SSSR count). The van der Waals surface area contributed by atoms with E-state index in [1.165, 1.54) is 0 Å². The molecule has 4 aromatic rings. The lowest BCUT2D eigenvalue weighted by atomic mass is 10.2. The number of H-pyrrole nitrogens is 1. The van der Waals surface area contributed by atoms with Crippen LogP contribution >= 0.6 is 0 Å². The molecular formula is C23H23N5O3. The first-order valence-electron chi connectivity index (χ1n) is 10.4. The molecule has 1 aliphatic heterocycles. The highest BCUT2D eigenvalue weighted by molar-refractivity contribution is 5.76. The van der Waals surface area contributed by atoms with E-state index in [0.717, 1.165) is 30.2 Å². The lowest BCUT2D eigenvalue weighted by Crippen LogP contribution is -2.42. The number of ether oxygens (including phenoxy) is 2. The molecule has 0 fully saturated rings. The van der Waals surface area contributed by atoms with Crippen molar-refractivity contribution in [3.63, 3.8) is 0 Å². The van der Waals surface area contributed by atoms with Gasteiger partial charge in [-0.3, -0.25) is 9.78 Å². The monoisotopic (exact) mass is 417 g/mol. The number of anilines is 1. The molecule has 1 aliphatic rings. The van der Waals surface area contributed by atoms with E-state index in [1.807, 2.05) is 59.5 Å². The number of benzene rings is 2. The van der Waals surface area contributed by atoms with Crippen LogP contribution in [0.15, 0.2) is 65.6 Å². The number of hydrogen-bond acceptors (Lipinski definition) is 6. The van der Waals surface area contributed by atoms with Crippen LogP contribution in [0, 0.1) is 0 Å². The van der Waals surface area contributed by atoms with Crippen LogP contribution < -0.4 is 19.9 Å². The van der Waals surface area contributed by atoms with E-state index in [4.69, 9.17) is 14.5 Å². The van der Waals surface area contributed by atoms with Crippen LogP contribution in [-0.4, -0.2) is 45.5 Å². The summed E-state index contributed by atoms with van der Waals surface area (Å²) >= 11 is 0. The Balaban J connectivity index is 1.48. The Hall–Kier alpha value is -3.81. The average Bonchev–Trinajstić information content (AvgIpc) is 3.24. The first-order valence-corrected chi connectivity index (χ1v) is 10.4. The Kier molecular flexibility index (Phi) is 5.03. The van der Waals surface area contributed by atoms with Crippen molar-refractivity contribution in [1.29, 1.82) is 0 Å². The molecule has 0 bridgehead atoms. The summed E-state index contributed by atoms with van der Waals surface area (Å²) in [6, 6.07) is 17.3. The first-order chi connectivity index (χ1) is 15.2. The largest absolute Gasteiger partial charge is 0.486 e. The van der Waals surface area contributed by atoms with Gasteiger partial charge in [-0.2, -0.15) is 10.1 Å². The Morgan fingerprint density at radius 2 is 1.90 bits per heavy atom. The minimum Gasteiger partial charge on any atom is -0.486 e. The fraction of sp³-hybridized carbons (Fsp3) is 0.261. The third kappa shape index (κ3) is 3.72. The molecule has 1 unspecified atom stereocenters. The van der Waals surface area contributed by atoms with Crippen molar-refractivity contribution in [1.82, 2.24) is 19.7 Å². The summed E-state index contributed by atoms with van der Waals surface area (Å²) in [6.07, 6.45) is 2.27. The molecule has 31 heavy (non-hydrogen) atoms. The van der Waals surface area contributed by atoms with Gasteiger partial charge in [-0.25, -0.2) is 4.68 Å². The summed E-state index contributed by atoms with van der Waals surface area (Å²) < 4.78 is 13.7. The summed E-state index contributed by atoms with van der Waals surface area (Å²) in [5.74, 6) is 1.98. The van der Waals surface area contributed by atoms with Gasteiger partial charge in [0.25, 0.3) is 5.56 Å². The van der Waals surface area contributed by atoms with Crippen molar-refractivity contribution in [2.45, 2.75) is 19.4 Å². The SMILES string of the molecule is CCCN(CC1COc2ccccc2O1)c1nc2c(cnn2-c2ccccc2)c(=O)[nH]1. The predicted molar refractivity (Wildman–Crippen MR) is 118 cm³/mol. The van der Waals surface area contributed by atoms with E-state index in [0.29, 0.717) is 30.1 Å². The molecule has 0 radical (unpaired) electrons. The van der Waals surface area contributed by atoms with Crippen molar-refractivity contribution in [3.8, 4) is 17.2 Å². The molecule has 2 aromatic carbocycles. The van der Waals surface area contributed by atoms with Crippen molar-refractivity contribution in [2.75, 3.05) is 24.6 Å².